The molecule has 0 spiro atoms. The Morgan fingerprint density at radius 2 is 2.24 bits per heavy atom. The number of rotatable bonds is 3. The van der Waals surface area contributed by atoms with Crippen molar-refractivity contribution in [1.82, 2.24) is 0 Å². The lowest BCUT2D eigenvalue weighted by atomic mass is 9.80. The van der Waals surface area contributed by atoms with Crippen LogP contribution in [0.5, 0.6) is 5.75 Å². The van der Waals surface area contributed by atoms with E-state index in [-0.39, 0.29) is 5.92 Å². The minimum Gasteiger partial charge on any atom is -0.508 e. The summed E-state index contributed by atoms with van der Waals surface area (Å²) in [6.45, 7) is 3.47. The van der Waals surface area contributed by atoms with Crippen LogP contribution in [0.2, 0.25) is 0 Å². The van der Waals surface area contributed by atoms with Gasteiger partial charge in [-0.05, 0) is 38.3 Å². The molecule has 0 aromatic heterocycles. The summed E-state index contributed by atoms with van der Waals surface area (Å²) in [5.74, 6) is 0.483. The zero-order valence-corrected chi connectivity index (χ0v) is 10.8. The third-order valence-electron chi connectivity index (χ3n) is 3.23. The molecule has 1 atom stereocenters. The van der Waals surface area contributed by atoms with E-state index < -0.39 is 11.4 Å². The molecule has 0 fully saturated rings. The van der Waals surface area contributed by atoms with Gasteiger partial charge in [-0.25, -0.2) is 0 Å². The molecular formula is C13H16O3S. The third-order valence-corrected chi connectivity index (χ3v) is 4.46. The fourth-order valence-corrected chi connectivity index (χ4v) is 3.47. The number of carbonyl (C=O) groups is 1. The van der Waals surface area contributed by atoms with Crippen molar-refractivity contribution in [3.8, 4) is 5.75 Å². The second-order valence-electron chi connectivity index (χ2n) is 5.09. The van der Waals surface area contributed by atoms with Gasteiger partial charge in [0.15, 0.2) is 0 Å². The van der Waals surface area contributed by atoms with Crippen molar-refractivity contribution in [3.05, 3.63) is 23.8 Å². The van der Waals surface area contributed by atoms with Gasteiger partial charge in [-0.3, -0.25) is 4.79 Å². The molecule has 0 aliphatic carbocycles. The van der Waals surface area contributed by atoms with Crippen LogP contribution in [0.25, 0.3) is 0 Å². The lowest BCUT2D eigenvalue weighted by Crippen LogP contribution is -2.26. The summed E-state index contributed by atoms with van der Waals surface area (Å²) in [6.07, 6.45) is 0.555. The van der Waals surface area contributed by atoms with Gasteiger partial charge in [0.25, 0.3) is 0 Å². The number of carboxylic acid groups (broad SMARTS) is 1. The zero-order chi connectivity index (χ0) is 12.6. The number of hydrogen-bond donors (Lipinski definition) is 2. The van der Waals surface area contributed by atoms with Gasteiger partial charge < -0.3 is 10.2 Å². The molecule has 0 saturated heterocycles. The summed E-state index contributed by atoms with van der Waals surface area (Å²) >= 11 is 1.69. The van der Waals surface area contributed by atoms with Crippen LogP contribution in [0.4, 0.5) is 0 Å². The van der Waals surface area contributed by atoms with Gasteiger partial charge in [0.2, 0.25) is 0 Å². The van der Waals surface area contributed by atoms with Crippen LogP contribution in [0.3, 0.4) is 0 Å². The quantitative estimate of drug-likeness (QED) is 0.868. The number of aromatic hydroxyl groups is 1. The van der Waals surface area contributed by atoms with Gasteiger partial charge >= 0.3 is 5.97 Å². The molecule has 92 valence electrons. The van der Waals surface area contributed by atoms with Crippen LogP contribution in [0, 0.1) is 5.41 Å². The number of aliphatic carboxylic acids is 1. The SMILES string of the molecule is CC(C)(CC1CSc2cccc(O)c21)C(=O)O. The molecule has 1 unspecified atom stereocenters. The molecule has 1 heterocycles. The molecule has 4 heteroatoms. The monoisotopic (exact) mass is 252 g/mol. The zero-order valence-electron chi connectivity index (χ0n) is 9.93. The second-order valence-corrected chi connectivity index (χ2v) is 6.15. The number of phenols is 1. The molecular weight excluding hydrogens is 236 g/mol. The van der Waals surface area contributed by atoms with Gasteiger partial charge in [0.1, 0.15) is 5.75 Å². The highest BCUT2D eigenvalue weighted by atomic mass is 32.2. The van der Waals surface area contributed by atoms with Crippen molar-refractivity contribution in [2.24, 2.45) is 5.41 Å². The highest BCUT2D eigenvalue weighted by Gasteiger charge is 2.35. The topological polar surface area (TPSA) is 57.5 Å². The predicted molar refractivity (Wildman–Crippen MR) is 67.6 cm³/mol. The van der Waals surface area contributed by atoms with E-state index in [2.05, 4.69) is 0 Å². The first-order chi connectivity index (χ1) is 7.92. The summed E-state index contributed by atoms with van der Waals surface area (Å²) in [7, 11) is 0. The lowest BCUT2D eigenvalue weighted by molar-refractivity contribution is -0.147. The number of hydrogen-bond acceptors (Lipinski definition) is 3. The van der Waals surface area contributed by atoms with E-state index in [1.165, 1.54) is 0 Å². The van der Waals surface area contributed by atoms with Crippen molar-refractivity contribution in [3.63, 3.8) is 0 Å². The third kappa shape index (κ3) is 2.27. The Bertz CT molecular complexity index is 454. The van der Waals surface area contributed by atoms with Crippen molar-refractivity contribution < 1.29 is 15.0 Å². The molecule has 1 aromatic carbocycles. The van der Waals surface area contributed by atoms with Crippen molar-refractivity contribution >= 4 is 17.7 Å². The Morgan fingerprint density at radius 3 is 2.88 bits per heavy atom. The Morgan fingerprint density at radius 1 is 1.53 bits per heavy atom. The van der Waals surface area contributed by atoms with Crippen molar-refractivity contribution in [2.75, 3.05) is 5.75 Å². The standard InChI is InChI=1S/C13H16O3S/c1-13(2,12(15)16)6-8-7-17-10-5-3-4-9(14)11(8)10/h3-5,8,14H,6-7H2,1-2H3,(H,15,16). The molecule has 0 amide bonds. The lowest BCUT2D eigenvalue weighted by Gasteiger charge is -2.23. The van der Waals surface area contributed by atoms with Crippen molar-refractivity contribution in [2.45, 2.75) is 31.1 Å². The van der Waals surface area contributed by atoms with Crippen LogP contribution in [0.15, 0.2) is 23.1 Å². The van der Waals surface area contributed by atoms with E-state index in [1.54, 1.807) is 31.7 Å². The van der Waals surface area contributed by atoms with Gasteiger partial charge in [-0.1, -0.05) is 6.07 Å². The molecule has 1 aromatic rings. The van der Waals surface area contributed by atoms with Crippen LogP contribution in [0.1, 0.15) is 31.7 Å². The Labute approximate surface area is 105 Å². The van der Waals surface area contributed by atoms with E-state index in [0.717, 1.165) is 16.2 Å². The highest BCUT2D eigenvalue weighted by Crippen LogP contribution is 2.48. The first kappa shape index (κ1) is 12.3. The fraction of sp³-hybridized carbons (Fsp3) is 0.462. The van der Waals surface area contributed by atoms with Gasteiger partial charge in [0, 0.05) is 16.2 Å². The van der Waals surface area contributed by atoms with Crippen LogP contribution in [-0.2, 0) is 4.79 Å². The molecule has 2 N–H and O–H groups in total. The summed E-state index contributed by atoms with van der Waals surface area (Å²) in [5.41, 5.74) is 0.168. The predicted octanol–water partition coefficient (Wildman–Crippen LogP) is 3.08. The molecule has 1 aliphatic rings. The average Bonchev–Trinajstić information content (AvgIpc) is 2.62. The molecule has 2 rings (SSSR count). The molecule has 3 nitrogen and oxygen atoms in total. The normalized spacial score (nSPS) is 19.1. The van der Waals surface area contributed by atoms with Crippen LogP contribution in [-0.4, -0.2) is 21.9 Å². The minimum absolute atomic E-state index is 0.127. The summed E-state index contributed by atoms with van der Waals surface area (Å²) < 4.78 is 0. The maximum absolute atomic E-state index is 11.1. The van der Waals surface area contributed by atoms with Gasteiger partial charge in [0.05, 0.1) is 5.41 Å². The molecule has 0 bridgehead atoms. The number of carboxylic acids is 1. The van der Waals surface area contributed by atoms with E-state index in [0.29, 0.717) is 12.2 Å². The smallest absolute Gasteiger partial charge is 0.309 e. The summed E-state index contributed by atoms with van der Waals surface area (Å²) in [4.78, 5) is 12.2. The largest absolute Gasteiger partial charge is 0.508 e. The first-order valence-corrected chi connectivity index (χ1v) is 6.58. The number of fused-ring (bicyclic) bond motifs is 1. The molecule has 0 radical (unpaired) electrons. The van der Waals surface area contributed by atoms with E-state index in [1.807, 2.05) is 12.1 Å². The van der Waals surface area contributed by atoms with Gasteiger partial charge in [-0.15, -0.1) is 11.8 Å². The number of thioether (sulfide) groups is 1. The maximum atomic E-state index is 11.1. The van der Waals surface area contributed by atoms with Crippen LogP contribution < -0.4 is 0 Å². The van der Waals surface area contributed by atoms with Crippen molar-refractivity contribution in [1.29, 1.82) is 0 Å². The summed E-state index contributed by atoms with van der Waals surface area (Å²) in [5, 5.41) is 19.0. The average molecular weight is 252 g/mol. The number of benzene rings is 1. The molecule has 17 heavy (non-hydrogen) atoms. The maximum Gasteiger partial charge on any atom is 0.309 e. The Kier molecular flexibility index (Phi) is 3.08. The molecule has 0 saturated carbocycles. The minimum atomic E-state index is -0.786. The van der Waals surface area contributed by atoms with E-state index in [9.17, 15) is 9.90 Å². The summed E-state index contributed by atoms with van der Waals surface area (Å²) in [6, 6.07) is 5.48. The Hall–Kier alpha value is -1.16. The second kappa shape index (κ2) is 4.26. The van der Waals surface area contributed by atoms with E-state index >= 15 is 0 Å². The highest BCUT2D eigenvalue weighted by molar-refractivity contribution is 7.99. The van der Waals surface area contributed by atoms with E-state index in [4.69, 9.17) is 5.11 Å². The van der Waals surface area contributed by atoms with Crippen LogP contribution >= 0.6 is 11.8 Å². The fourth-order valence-electron chi connectivity index (χ4n) is 2.21. The molecule has 1 aliphatic heterocycles. The Balaban J connectivity index is 2.26. The first-order valence-electron chi connectivity index (χ1n) is 5.60. The number of phenolic OH excluding ortho intramolecular Hbond substituents is 1. The van der Waals surface area contributed by atoms with Gasteiger partial charge in [-0.2, -0.15) is 0 Å².